The Labute approximate surface area is 154 Å². The van der Waals surface area contributed by atoms with Crippen molar-refractivity contribution in [2.45, 2.75) is 30.7 Å². The van der Waals surface area contributed by atoms with E-state index in [1.807, 2.05) is 0 Å². The lowest BCUT2D eigenvalue weighted by atomic mass is 9.99. The number of carbonyl (C=O) groups is 1. The minimum atomic E-state index is -1.54. The summed E-state index contributed by atoms with van der Waals surface area (Å²) in [5.41, 5.74) is 0. The average molecular weight is 379 g/mol. The molecule has 146 valence electrons. The van der Waals surface area contributed by atoms with Gasteiger partial charge in [-0.15, -0.1) is 0 Å². The predicted molar refractivity (Wildman–Crippen MR) is 93.4 cm³/mol. The van der Waals surface area contributed by atoms with E-state index in [1.165, 1.54) is 19.2 Å². The first-order valence-electron chi connectivity index (χ1n) is 8.34. The Balaban J connectivity index is 1.91. The van der Waals surface area contributed by atoms with Crippen molar-refractivity contribution in [3.05, 3.63) is 36.4 Å². The molecule has 1 saturated heterocycles. The van der Waals surface area contributed by atoms with E-state index in [0.717, 1.165) is 0 Å². The molecule has 2 aromatic carbocycles. The van der Waals surface area contributed by atoms with Gasteiger partial charge in [0.05, 0.1) is 6.61 Å². The van der Waals surface area contributed by atoms with Gasteiger partial charge < -0.3 is 40.0 Å². The van der Waals surface area contributed by atoms with E-state index in [4.69, 9.17) is 14.2 Å². The van der Waals surface area contributed by atoms with Gasteiger partial charge in [0.2, 0.25) is 6.29 Å². The zero-order valence-electron chi connectivity index (χ0n) is 14.5. The largest absolute Gasteiger partial charge is 0.461 e. The van der Waals surface area contributed by atoms with Crippen LogP contribution in [0.4, 0.5) is 4.79 Å². The van der Waals surface area contributed by atoms with Gasteiger partial charge in [0, 0.05) is 17.8 Å². The first-order valence-corrected chi connectivity index (χ1v) is 8.34. The van der Waals surface area contributed by atoms with Gasteiger partial charge in [-0.1, -0.05) is 24.3 Å². The van der Waals surface area contributed by atoms with E-state index in [-0.39, 0.29) is 0 Å². The van der Waals surface area contributed by atoms with Crippen LogP contribution in [0.5, 0.6) is 11.5 Å². The number of ether oxygens (including phenoxy) is 3. The summed E-state index contributed by atoms with van der Waals surface area (Å²) in [5, 5.41) is 42.7. The Hall–Kier alpha value is -2.43. The first kappa shape index (κ1) is 19.3. The van der Waals surface area contributed by atoms with Crippen molar-refractivity contribution in [3.8, 4) is 11.5 Å². The lowest BCUT2D eigenvalue weighted by Gasteiger charge is -2.39. The molecule has 0 saturated carbocycles. The van der Waals surface area contributed by atoms with E-state index in [0.29, 0.717) is 22.3 Å². The number of rotatable bonds is 4. The standard InChI is InChI=1S/C18H21NO8/c1-19-18(24)27-12-7-6-11(9-4-2-3-5-10(9)12)25-17-16(23)15(22)14(21)13(8-20)26-17/h2-7,13-17,20-23H,8H2,1H3,(H,19,24). The Bertz CT molecular complexity index is 811. The molecule has 0 spiro atoms. The molecule has 1 fully saturated rings. The fourth-order valence-electron chi connectivity index (χ4n) is 2.88. The molecule has 27 heavy (non-hydrogen) atoms. The number of aliphatic hydroxyl groups is 4. The highest BCUT2D eigenvalue weighted by Gasteiger charge is 2.44. The zero-order valence-corrected chi connectivity index (χ0v) is 14.5. The summed E-state index contributed by atoms with van der Waals surface area (Å²) >= 11 is 0. The molecule has 0 aromatic heterocycles. The zero-order chi connectivity index (χ0) is 19.6. The lowest BCUT2D eigenvalue weighted by molar-refractivity contribution is -0.277. The molecule has 9 heteroatoms. The smallest absolute Gasteiger partial charge is 0.412 e. The second-order valence-corrected chi connectivity index (χ2v) is 6.06. The first-order chi connectivity index (χ1) is 13.0. The molecule has 1 aliphatic rings. The van der Waals surface area contributed by atoms with Crippen LogP contribution in [0.15, 0.2) is 36.4 Å². The Morgan fingerprint density at radius 1 is 1.04 bits per heavy atom. The topological polar surface area (TPSA) is 138 Å². The molecule has 3 rings (SSSR count). The van der Waals surface area contributed by atoms with Crippen molar-refractivity contribution < 1.29 is 39.4 Å². The summed E-state index contributed by atoms with van der Waals surface area (Å²) < 4.78 is 16.3. The van der Waals surface area contributed by atoms with Crippen molar-refractivity contribution >= 4 is 16.9 Å². The SMILES string of the molecule is CNC(=O)Oc1ccc(OC2OC(CO)C(O)C(O)C2O)c2ccccc12. The van der Waals surface area contributed by atoms with Crippen molar-refractivity contribution in [1.82, 2.24) is 5.32 Å². The third-order valence-corrected chi connectivity index (χ3v) is 4.34. The third kappa shape index (κ3) is 3.82. The van der Waals surface area contributed by atoms with Crippen LogP contribution in [0.3, 0.4) is 0 Å². The summed E-state index contributed by atoms with van der Waals surface area (Å²) in [7, 11) is 1.45. The maximum Gasteiger partial charge on any atom is 0.412 e. The molecule has 9 nitrogen and oxygen atoms in total. The van der Waals surface area contributed by atoms with Crippen LogP contribution in [0.25, 0.3) is 10.8 Å². The molecule has 5 N–H and O–H groups in total. The number of fused-ring (bicyclic) bond motifs is 1. The van der Waals surface area contributed by atoms with Gasteiger partial charge in [-0.2, -0.15) is 0 Å². The van der Waals surface area contributed by atoms with Gasteiger partial charge in [-0.05, 0) is 12.1 Å². The molecule has 0 aliphatic carbocycles. The molecule has 0 radical (unpaired) electrons. The summed E-state index contributed by atoms with van der Waals surface area (Å²) in [6.07, 6.45) is -7.54. The highest BCUT2D eigenvalue weighted by atomic mass is 16.7. The molecule has 1 heterocycles. The minimum Gasteiger partial charge on any atom is -0.461 e. The molecule has 5 unspecified atom stereocenters. The quantitative estimate of drug-likeness (QED) is 0.490. The third-order valence-electron chi connectivity index (χ3n) is 4.34. The molecule has 1 aliphatic heterocycles. The summed E-state index contributed by atoms with van der Waals surface area (Å²) in [6, 6.07) is 10.0. The Morgan fingerprint density at radius 2 is 1.67 bits per heavy atom. The van der Waals surface area contributed by atoms with E-state index in [9.17, 15) is 25.2 Å². The van der Waals surface area contributed by atoms with Crippen molar-refractivity contribution in [1.29, 1.82) is 0 Å². The van der Waals surface area contributed by atoms with Gasteiger partial charge in [-0.25, -0.2) is 4.79 Å². The number of nitrogens with one attached hydrogen (secondary N) is 1. The van der Waals surface area contributed by atoms with Gasteiger partial charge in [0.1, 0.15) is 35.9 Å². The summed E-state index contributed by atoms with van der Waals surface area (Å²) in [6.45, 7) is -0.551. The Kier molecular flexibility index (Phi) is 5.78. The second kappa shape index (κ2) is 8.07. The van der Waals surface area contributed by atoms with Crippen LogP contribution in [0.2, 0.25) is 0 Å². The fourth-order valence-corrected chi connectivity index (χ4v) is 2.88. The van der Waals surface area contributed by atoms with Gasteiger partial charge >= 0.3 is 6.09 Å². The second-order valence-electron chi connectivity index (χ2n) is 6.06. The van der Waals surface area contributed by atoms with E-state index >= 15 is 0 Å². The van der Waals surface area contributed by atoms with Gasteiger partial charge in [-0.3, -0.25) is 0 Å². The minimum absolute atomic E-state index is 0.305. The van der Waals surface area contributed by atoms with E-state index < -0.39 is 43.4 Å². The molecular weight excluding hydrogens is 358 g/mol. The van der Waals surface area contributed by atoms with Gasteiger partial charge in [0.25, 0.3) is 0 Å². The maximum atomic E-state index is 11.5. The highest BCUT2D eigenvalue weighted by Crippen LogP contribution is 2.35. The number of hydrogen-bond acceptors (Lipinski definition) is 8. The van der Waals surface area contributed by atoms with Gasteiger partial charge in [0.15, 0.2) is 0 Å². The number of amides is 1. The van der Waals surface area contributed by atoms with Crippen molar-refractivity contribution in [2.75, 3.05) is 13.7 Å². The highest BCUT2D eigenvalue weighted by molar-refractivity contribution is 5.94. The molecule has 5 atom stereocenters. The molecule has 2 aromatic rings. The summed E-state index contributed by atoms with van der Waals surface area (Å²) in [5.74, 6) is 0.616. The van der Waals surface area contributed by atoms with E-state index in [2.05, 4.69) is 5.32 Å². The lowest BCUT2D eigenvalue weighted by Crippen LogP contribution is -2.60. The van der Waals surface area contributed by atoms with Crippen LogP contribution in [-0.4, -0.2) is 70.9 Å². The van der Waals surface area contributed by atoms with Crippen LogP contribution >= 0.6 is 0 Å². The average Bonchev–Trinajstić information content (AvgIpc) is 2.69. The van der Waals surface area contributed by atoms with Crippen molar-refractivity contribution in [3.63, 3.8) is 0 Å². The van der Waals surface area contributed by atoms with Crippen LogP contribution in [-0.2, 0) is 4.74 Å². The van der Waals surface area contributed by atoms with E-state index in [1.54, 1.807) is 24.3 Å². The monoisotopic (exact) mass is 379 g/mol. The summed E-state index contributed by atoms with van der Waals surface area (Å²) in [4.78, 5) is 11.5. The number of aliphatic hydroxyl groups excluding tert-OH is 4. The van der Waals surface area contributed by atoms with Crippen LogP contribution in [0.1, 0.15) is 0 Å². The Morgan fingerprint density at radius 3 is 2.30 bits per heavy atom. The van der Waals surface area contributed by atoms with Crippen LogP contribution < -0.4 is 14.8 Å². The van der Waals surface area contributed by atoms with Crippen LogP contribution in [0, 0.1) is 0 Å². The molecular formula is C18H21NO8. The number of carbonyl (C=O) groups excluding carboxylic acids is 1. The normalized spacial score (nSPS) is 28.0. The number of hydrogen-bond donors (Lipinski definition) is 5. The molecule has 1 amide bonds. The number of benzene rings is 2. The molecule has 0 bridgehead atoms. The predicted octanol–water partition coefficient (Wildman–Crippen LogP) is -0.263. The fraction of sp³-hybridized carbons (Fsp3) is 0.389. The maximum absolute atomic E-state index is 11.5. The van der Waals surface area contributed by atoms with Crippen molar-refractivity contribution in [2.24, 2.45) is 0 Å².